The van der Waals surface area contributed by atoms with Crippen LogP contribution in [-0.4, -0.2) is 18.5 Å². The average Bonchev–Trinajstić information content (AvgIpc) is 2.95. The van der Waals surface area contributed by atoms with Crippen LogP contribution in [0.5, 0.6) is 0 Å². The Labute approximate surface area is 113 Å². The fourth-order valence-corrected chi connectivity index (χ4v) is 4.51. The van der Waals surface area contributed by atoms with Crippen molar-refractivity contribution in [2.45, 2.75) is 25.0 Å². The number of aryl methyl sites for hydroxylation is 1. The monoisotopic (exact) mass is 304 g/mol. The van der Waals surface area contributed by atoms with Gasteiger partial charge >= 0.3 is 0 Å². The van der Waals surface area contributed by atoms with Crippen LogP contribution in [-0.2, 0) is 23.2 Å². The molecular formula is C10H12N2O3S3. The molecule has 18 heavy (non-hydrogen) atoms. The molecular weight excluding hydrogens is 292 g/mol. The molecule has 0 aliphatic rings. The molecule has 2 aromatic rings. The third kappa shape index (κ3) is 2.78. The quantitative estimate of drug-likeness (QED) is 0.877. The molecule has 2 heterocycles. The maximum atomic E-state index is 12.0. The largest absolute Gasteiger partial charge is 0.391 e. The van der Waals surface area contributed by atoms with Crippen molar-refractivity contribution < 1.29 is 13.5 Å². The summed E-state index contributed by atoms with van der Waals surface area (Å²) in [6.07, 6.45) is 0. The number of aliphatic hydroxyl groups is 1. The second-order valence-electron chi connectivity index (χ2n) is 3.55. The highest BCUT2D eigenvalue weighted by Crippen LogP contribution is 2.22. The van der Waals surface area contributed by atoms with Crippen molar-refractivity contribution in [3.8, 4) is 0 Å². The molecule has 98 valence electrons. The molecule has 0 aliphatic carbocycles. The molecule has 2 aromatic heterocycles. The van der Waals surface area contributed by atoms with Gasteiger partial charge in [0.2, 0.25) is 10.0 Å². The van der Waals surface area contributed by atoms with Crippen molar-refractivity contribution in [1.29, 1.82) is 0 Å². The zero-order valence-corrected chi connectivity index (χ0v) is 12.0. The summed E-state index contributed by atoms with van der Waals surface area (Å²) in [5.74, 6) is 0. The topological polar surface area (TPSA) is 79.3 Å². The minimum atomic E-state index is -3.57. The number of rotatable bonds is 5. The first-order valence-corrected chi connectivity index (χ1v) is 8.34. The van der Waals surface area contributed by atoms with Gasteiger partial charge in [-0.1, -0.05) is 0 Å². The summed E-state index contributed by atoms with van der Waals surface area (Å²) in [6.45, 7) is 1.79. The van der Waals surface area contributed by atoms with E-state index in [1.54, 1.807) is 10.9 Å². The first kappa shape index (κ1) is 13.6. The molecule has 0 saturated carbocycles. The standard InChI is InChI=1S/C10H12N2O3S3/c1-7-8(17-6-11-7)4-12-18(14,15)10-2-3-16-9(10)5-13/h2-3,6,12-13H,4-5H2,1H3. The summed E-state index contributed by atoms with van der Waals surface area (Å²) >= 11 is 2.64. The molecule has 8 heteroatoms. The van der Waals surface area contributed by atoms with Gasteiger partial charge in [-0.2, -0.15) is 0 Å². The lowest BCUT2D eigenvalue weighted by Crippen LogP contribution is -2.23. The van der Waals surface area contributed by atoms with Gasteiger partial charge in [-0.25, -0.2) is 18.1 Å². The first-order chi connectivity index (χ1) is 8.54. The molecule has 0 fully saturated rings. The lowest BCUT2D eigenvalue weighted by Gasteiger charge is -2.05. The third-order valence-electron chi connectivity index (χ3n) is 2.41. The number of nitrogens with one attached hydrogen (secondary N) is 1. The molecule has 2 N–H and O–H groups in total. The second-order valence-corrected chi connectivity index (χ2v) is 7.23. The van der Waals surface area contributed by atoms with Crippen molar-refractivity contribution >= 4 is 32.7 Å². The summed E-state index contributed by atoms with van der Waals surface area (Å²) in [4.78, 5) is 5.55. The number of nitrogens with zero attached hydrogens (tertiary/aromatic N) is 1. The van der Waals surface area contributed by atoms with E-state index in [-0.39, 0.29) is 18.0 Å². The molecule has 0 unspecified atom stereocenters. The molecule has 0 spiro atoms. The Balaban J connectivity index is 2.16. The van der Waals surface area contributed by atoms with Crippen LogP contribution in [0.2, 0.25) is 0 Å². The van der Waals surface area contributed by atoms with Crippen molar-refractivity contribution in [2.24, 2.45) is 0 Å². The van der Waals surface area contributed by atoms with E-state index >= 15 is 0 Å². The lowest BCUT2D eigenvalue weighted by molar-refractivity contribution is 0.282. The molecule has 0 aromatic carbocycles. The SMILES string of the molecule is Cc1ncsc1CNS(=O)(=O)c1ccsc1CO. The fourth-order valence-electron chi connectivity index (χ4n) is 1.42. The molecule has 0 bridgehead atoms. The zero-order valence-electron chi connectivity index (χ0n) is 9.58. The predicted octanol–water partition coefficient (Wildman–Crippen LogP) is 1.48. The highest BCUT2D eigenvalue weighted by molar-refractivity contribution is 7.89. The van der Waals surface area contributed by atoms with Crippen LogP contribution in [0.25, 0.3) is 0 Å². The maximum Gasteiger partial charge on any atom is 0.242 e. The summed E-state index contributed by atoms with van der Waals surface area (Å²) in [5.41, 5.74) is 2.51. The van der Waals surface area contributed by atoms with Crippen LogP contribution in [0.1, 0.15) is 15.4 Å². The highest BCUT2D eigenvalue weighted by Gasteiger charge is 2.19. The van der Waals surface area contributed by atoms with Gasteiger partial charge in [0.05, 0.1) is 22.7 Å². The Kier molecular flexibility index (Phi) is 4.13. The number of aromatic nitrogens is 1. The van der Waals surface area contributed by atoms with Gasteiger partial charge in [0.15, 0.2) is 0 Å². The molecule has 0 atom stereocenters. The normalized spacial score (nSPS) is 11.9. The van der Waals surface area contributed by atoms with E-state index in [9.17, 15) is 8.42 Å². The number of thiazole rings is 1. The van der Waals surface area contributed by atoms with E-state index in [0.29, 0.717) is 4.88 Å². The van der Waals surface area contributed by atoms with Crippen molar-refractivity contribution in [2.75, 3.05) is 0 Å². The van der Waals surface area contributed by atoms with Crippen LogP contribution in [0.3, 0.4) is 0 Å². The van der Waals surface area contributed by atoms with Crippen LogP contribution < -0.4 is 4.72 Å². The Morgan fingerprint density at radius 3 is 2.78 bits per heavy atom. The minimum absolute atomic E-state index is 0.150. The van der Waals surface area contributed by atoms with Crippen molar-refractivity contribution in [1.82, 2.24) is 9.71 Å². The summed E-state index contributed by atoms with van der Waals surface area (Å²) in [7, 11) is -3.57. The van der Waals surface area contributed by atoms with E-state index in [1.165, 1.54) is 28.7 Å². The predicted molar refractivity (Wildman–Crippen MR) is 71.1 cm³/mol. The minimum Gasteiger partial charge on any atom is -0.391 e. The number of thiophene rings is 1. The average molecular weight is 304 g/mol. The summed E-state index contributed by atoms with van der Waals surface area (Å²) in [6, 6.07) is 1.50. The van der Waals surface area contributed by atoms with E-state index in [0.717, 1.165) is 10.6 Å². The van der Waals surface area contributed by atoms with Crippen LogP contribution in [0.4, 0.5) is 0 Å². The Morgan fingerprint density at radius 1 is 1.39 bits per heavy atom. The third-order valence-corrected chi connectivity index (χ3v) is 5.86. The van der Waals surface area contributed by atoms with Gasteiger partial charge in [-0.3, -0.25) is 0 Å². The fraction of sp³-hybridized carbons (Fsp3) is 0.300. The van der Waals surface area contributed by atoms with Gasteiger partial charge in [-0.05, 0) is 18.4 Å². The van der Waals surface area contributed by atoms with Gasteiger partial charge < -0.3 is 5.11 Å². The second kappa shape index (κ2) is 5.45. The summed E-state index contributed by atoms with van der Waals surface area (Å²) < 4.78 is 26.6. The Bertz CT molecular complexity index is 630. The van der Waals surface area contributed by atoms with Crippen molar-refractivity contribution in [3.63, 3.8) is 0 Å². The molecule has 2 rings (SSSR count). The number of hydrogen-bond donors (Lipinski definition) is 2. The van der Waals surface area contributed by atoms with Crippen LogP contribution in [0.15, 0.2) is 21.9 Å². The van der Waals surface area contributed by atoms with Gasteiger partial charge in [0.25, 0.3) is 0 Å². The van der Waals surface area contributed by atoms with Crippen LogP contribution in [0, 0.1) is 6.92 Å². The Morgan fingerprint density at radius 2 is 2.17 bits per heavy atom. The Hall–Kier alpha value is -0.800. The van der Waals surface area contributed by atoms with E-state index < -0.39 is 10.0 Å². The van der Waals surface area contributed by atoms with Gasteiger partial charge in [0, 0.05) is 16.3 Å². The molecule has 0 radical (unpaired) electrons. The highest BCUT2D eigenvalue weighted by atomic mass is 32.2. The van der Waals surface area contributed by atoms with Gasteiger partial charge in [0.1, 0.15) is 0 Å². The van der Waals surface area contributed by atoms with Crippen LogP contribution >= 0.6 is 22.7 Å². The molecule has 0 amide bonds. The summed E-state index contributed by atoms with van der Waals surface area (Å²) in [5, 5.41) is 10.7. The molecule has 0 saturated heterocycles. The van der Waals surface area contributed by atoms with Crippen molar-refractivity contribution in [3.05, 3.63) is 32.4 Å². The molecule has 0 aliphatic heterocycles. The van der Waals surface area contributed by atoms with E-state index in [1.807, 2.05) is 6.92 Å². The lowest BCUT2D eigenvalue weighted by atomic mass is 10.4. The number of sulfonamides is 1. The van der Waals surface area contributed by atoms with Gasteiger partial charge in [-0.15, -0.1) is 22.7 Å². The molecule has 5 nitrogen and oxygen atoms in total. The smallest absolute Gasteiger partial charge is 0.242 e. The first-order valence-electron chi connectivity index (χ1n) is 5.10. The maximum absolute atomic E-state index is 12.0. The number of hydrogen-bond acceptors (Lipinski definition) is 6. The number of aliphatic hydroxyl groups excluding tert-OH is 1. The zero-order chi connectivity index (χ0) is 13.2. The van der Waals surface area contributed by atoms with E-state index in [4.69, 9.17) is 5.11 Å². The van der Waals surface area contributed by atoms with E-state index in [2.05, 4.69) is 9.71 Å².